The Bertz CT molecular complexity index is 601. The van der Waals surface area contributed by atoms with Gasteiger partial charge in [-0.2, -0.15) is 0 Å². The lowest BCUT2D eigenvalue weighted by molar-refractivity contribution is 0.426. The maximum absolute atomic E-state index is 5.32. The van der Waals surface area contributed by atoms with Crippen molar-refractivity contribution in [2.24, 2.45) is 0 Å². The van der Waals surface area contributed by atoms with E-state index in [1.807, 2.05) is 19.2 Å². The number of aryl methyl sites for hydroxylation is 1. The van der Waals surface area contributed by atoms with Crippen molar-refractivity contribution in [2.75, 3.05) is 11.9 Å². The molecule has 0 aliphatic heterocycles. The standard InChI is InChI=1S/C14H16N4O/c1-3-6-15-14-16-8-11(12-7-9(2)18-19-12)13(17-14)10-4-5-10/h3,7-8,10H,1,4-6H2,2H3,(H,15,16,17). The van der Waals surface area contributed by atoms with Gasteiger partial charge in [-0.25, -0.2) is 9.97 Å². The minimum Gasteiger partial charge on any atom is -0.356 e. The maximum Gasteiger partial charge on any atom is 0.223 e. The van der Waals surface area contributed by atoms with Crippen molar-refractivity contribution in [3.8, 4) is 11.3 Å². The molecule has 1 aliphatic rings. The Hall–Kier alpha value is -2.17. The Labute approximate surface area is 111 Å². The molecule has 0 radical (unpaired) electrons. The van der Waals surface area contributed by atoms with Crippen LogP contribution in [-0.2, 0) is 0 Å². The van der Waals surface area contributed by atoms with Gasteiger partial charge in [0.15, 0.2) is 5.76 Å². The van der Waals surface area contributed by atoms with Gasteiger partial charge >= 0.3 is 0 Å². The number of nitrogens with one attached hydrogen (secondary N) is 1. The van der Waals surface area contributed by atoms with Crippen molar-refractivity contribution in [1.29, 1.82) is 0 Å². The van der Waals surface area contributed by atoms with Crippen LogP contribution in [0.15, 0.2) is 29.4 Å². The highest BCUT2D eigenvalue weighted by atomic mass is 16.5. The van der Waals surface area contributed by atoms with E-state index in [0.717, 1.165) is 22.7 Å². The second-order valence-electron chi connectivity index (χ2n) is 4.77. The molecule has 5 heteroatoms. The Morgan fingerprint density at radius 1 is 1.53 bits per heavy atom. The Morgan fingerprint density at radius 3 is 3.00 bits per heavy atom. The first-order valence-corrected chi connectivity index (χ1v) is 6.43. The third-order valence-electron chi connectivity index (χ3n) is 3.08. The van der Waals surface area contributed by atoms with Crippen molar-refractivity contribution >= 4 is 5.95 Å². The molecule has 1 saturated carbocycles. The molecule has 0 unspecified atom stereocenters. The summed E-state index contributed by atoms with van der Waals surface area (Å²) in [5.41, 5.74) is 2.87. The molecule has 1 aliphatic carbocycles. The molecular weight excluding hydrogens is 240 g/mol. The molecule has 2 heterocycles. The predicted octanol–water partition coefficient (Wildman–Crippen LogP) is 2.92. The van der Waals surface area contributed by atoms with Crippen molar-refractivity contribution in [3.05, 3.63) is 36.3 Å². The first-order valence-electron chi connectivity index (χ1n) is 6.43. The highest BCUT2D eigenvalue weighted by molar-refractivity contribution is 5.61. The number of anilines is 1. The molecule has 5 nitrogen and oxygen atoms in total. The summed E-state index contributed by atoms with van der Waals surface area (Å²) in [6.07, 6.45) is 5.95. The predicted molar refractivity (Wildman–Crippen MR) is 72.9 cm³/mol. The molecule has 19 heavy (non-hydrogen) atoms. The Kier molecular flexibility index (Phi) is 3.03. The molecular formula is C14H16N4O. The van der Waals surface area contributed by atoms with Gasteiger partial charge in [0.25, 0.3) is 0 Å². The van der Waals surface area contributed by atoms with E-state index in [1.165, 1.54) is 12.8 Å². The van der Waals surface area contributed by atoms with E-state index in [0.29, 0.717) is 18.4 Å². The van der Waals surface area contributed by atoms with E-state index in [-0.39, 0.29) is 0 Å². The molecule has 2 aromatic heterocycles. The smallest absolute Gasteiger partial charge is 0.223 e. The Balaban J connectivity index is 1.97. The van der Waals surface area contributed by atoms with Gasteiger partial charge in [-0.3, -0.25) is 0 Å². The molecule has 0 atom stereocenters. The molecule has 1 N–H and O–H groups in total. The van der Waals surface area contributed by atoms with Gasteiger partial charge in [-0.05, 0) is 19.8 Å². The molecule has 1 fully saturated rings. The van der Waals surface area contributed by atoms with Gasteiger partial charge in [-0.1, -0.05) is 11.2 Å². The quantitative estimate of drug-likeness (QED) is 0.833. The summed E-state index contributed by atoms with van der Waals surface area (Å²) in [4.78, 5) is 8.91. The molecule has 98 valence electrons. The van der Waals surface area contributed by atoms with Gasteiger partial charge in [0.05, 0.1) is 17.0 Å². The fourth-order valence-corrected chi connectivity index (χ4v) is 1.99. The highest BCUT2D eigenvalue weighted by Gasteiger charge is 2.29. The second-order valence-corrected chi connectivity index (χ2v) is 4.77. The molecule has 2 aromatic rings. The van der Waals surface area contributed by atoms with E-state index in [9.17, 15) is 0 Å². The van der Waals surface area contributed by atoms with E-state index in [2.05, 4.69) is 27.0 Å². The highest BCUT2D eigenvalue weighted by Crippen LogP contribution is 2.43. The number of nitrogens with zero attached hydrogens (tertiary/aromatic N) is 3. The van der Waals surface area contributed by atoms with Crippen LogP contribution in [0.3, 0.4) is 0 Å². The number of hydrogen-bond donors (Lipinski definition) is 1. The van der Waals surface area contributed by atoms with Crippen LogP contribution in [0, 0.1) is 6.92 Å². The van der Waals surface area contributed by atoms with Gasteiger partial charge in [0.1, 0.15) is 0 Å². The Morgan fingerprint density at radius 2 is 2.37 bits per heavy atom. The van der Waals surface area contributed by atoms with Crippen molar-refractivity contribution < 1.29 is 4.52 Å². The lowest BCUT2D eigenvalue weighted by Gasteiger charge is -2.07. The molecule has 0 aromatic carbocycles. The molecule has 0 saturated heterocycles. The minimum atomic E-state index is 0.521. The number of hydrogen-bond acceptors (Lipinski definition) is 5. The normalized spacial score (nSPS) is 14.4. The molecule has 3 rings (SSSR count). The van der Waals surface area contributed by atoms with Crippen LogP contribution in [0.4, 0.5) is 5.95 Å². The lowest BCUT2D eigenvalue weighted by atomic mass is 10.1. The monoisotopic (exact) mass is 256 g/mol. The summed E-state index contributed by atoms with van der Waals surface area (Å²) < 4.78 is 5.32. The zero-order valence-electron chi connectivity index (χ0n) is 10.9. The summed E-state index contributed by atoms with van der Waals surface area (Å²) in [5.74, 6) is 1.91. The van der Waals surface area contributed by atoms with Gasteiger partial charge in [0, 0.05) is 24.7 Å². The van der Waals surface area contributed by atoms with E-state index >= 15 is 0 Å². The fourth-order valence-electron chi connectivity index (χ4n) is 1.99. The largest absolute Gasteiger partial charge is 0.356 e. The average molecular weight is 256 g/mol. The zero-order chi connectivity index (χ0) is 13.2. The van der Waals surface area contributed by atoms with Crippen LogP contribution in [0.25, 0.3) is 11.3 Å². The lowest BCUT2D eigenvalue weighted by Crippen LogP contribution is -2.05. The van der Waals surface area contributed by atoms with Crippen molar-refractivity contribution in [1.82, 2.24) is 15.1 Å². The van der Waals surface area contributed by atoms with Crippen LogP contribution >= 0.6 is 0 Å². The van der Waals surface area contributed by atoms with Gasteiger partial charge in [0.2, 0.25) is 5.95 Å². The summed E-state index contributed by atoms with van der Waals surface area (Å²) in [6, 6.07) is 1.92. The van der Waals surface area contributed by atoms with E-state index in [4.69, 9.17) is 4.52 Å². The van der Waals surface area contributed by atoms with Crippen LogP contribution in [0.1, 0.15) is 30.1 Å². The summed E-state index contributed by atoms with van der Waals surface area (Å²) >= 11 is 0. The van der Waals surface area contributed by atoms with E-state index < -0.39 is 0 Å². The molecule has 0 bridgehead atoms. The third-order valence-corrected chi connectivity index (χ3v) is 3.08. The van der Waals surface area contributed by atoms with Crippen LogP contribution < -0.4 is 5.32 Å². The van der Waals surface area contributed by atoms with Crippen LogP contribution in [0.2, 0.25) is 0 Å². The topological polar surface area (TPSA) is 63.8 Å². The molecule has 0 amide bonds. The van der Waals surface area contributed by atoms with Crippen LogP contribution in [-0.4, -0.2) is 21.7 Å². The van der Waals surface area contributed by atoms with Gasteiger partial charge in [-0.15, -0.1) is 6.58 Å². The average Bonchev–Trinajstić information content (AvgIpc) is 3.18. The van der Waals surface area contributed by atoms with Crippen molar-refractivity contribution in [2.45, 2.75) is 25.7 Å². The minimum absolute atomic E-state index is 0.521. The second kappa shape index (κ2) is 4.84. The zero-order valence-corrected chi connectivity index (χ0v) is 10.9. The summed E-state index contributed by atoms with van der Waals surface area (Å²) in [7, 11) is 0. The number of rotatable bonds is 5. The third kappa shape index (κ3) is 2.50. The van der Waals surface area contributed by atoms with Gasteiger partial charge < -0.3 is 9.84 Å². The van der Waals surface area contributed by atoms with Crippen molar-refractivity contribution in [3.63, 3.8) is 0 Å². The maximum atomic E-state index is 5.32. The molecule has 0 spiro atoms. The first kappa shape index (κ1) is 11.9. The fraction of sp³-hybridized carbons (Fsp3) is 0.357. The summed E-state index contributed by atoms with van der Waals surface area (Å²) in [6.45, 7) is 6.24. The van der Waals surface area contributed by atoms with Crippen LogP contribution in [0.5, 0.6) is 0 Å². The summed E-state index contributed by atoms with van der Waals surface area (Å²) in [5, 5.41) is 7.04. The van der Waals surface area contributed by atoms with E-state index in [1.54, 1.807) is 6.08 Å². The SMILES string of the molecule is C=CCNc1ncc(-c2cc(C)no2)c(C2CC2)n1. The number of aromatic nitrogens is 3. The first-order chi connectivity index (χ1) is 9.28.